The van der Waals surface area contributed by atoms with Gasteiger partial charge in [-0.2, -0.15) is 0 Å². The summed E-state index contributed by atoms with van der Waals surface area (Å²) in [5, 5.41) is 0. The number of hydrogen-bond donors (Lipinski definition) is 1. The second-order valence-electron chi connectivity index (χ2n) is 4.19. The highest BCUT2D eigenvalue weighted by Crippen LogP contribution is 2.12. The molecule has 0 spiro atoms. The van der Waals surface area contributed by atoms with Gasteiger partial charge in [0.05, 0.1) is 5.52 Å². The Labute approximate surface area is 104 Å². The molecule has 0 bridgehead atoms. The Bertz CT molecular complexity index is 626. The highest BCUT2D eigenvalue weighted by atomic mass is 32.1. The van der Waals surface area contributed by atoms with Gasteiger partial charge in [0.25, 0.3) is 0 Å². The molecule has 0 saturated carbocycles. The van der Waals surface area contributed by atoms with Crippen molar-refractivity contribution in [3.8, 4) is 0 Å². The van der Waals surface area contributed by atoms with E-state index in [0.717, 1.165) is 16.7 Å². The number of nitrogens with zero attached hydrogens (tertiary/aromatic N) is 3. The van der Waals surface area contributed by atoms with Crippen molar-refractivity contribution in [2.24, 2.45) is 0 Å². The minimum absolute atomic E-state index is 0.00984. The third-order valence-corrected chi connectivity index (χ3v) is 2.86. The molecule has 0 aliphatic heterocycles. The maximum Gasteiger partial charge on any atom is 0.242 e. The Morgan fingerprint density at radius 1 is 1.59 bits per heavy atom. The zero-order chi connectivity index (χ0) is 12.6. The minimum Gasteiger partial charge on any atom is -0.347 e. The summed E-state index contributed by atoms with van der Waals surface area (Å²) in [7, 11) is 3.44. The van der Waals surface area contributed by atoms with Gasteiger partial charge in [-0.15, -0.1) is 0 Å². The Hall–Kier alpha value is -1.69. The first-order valence-corrected chi connectivity index (χ1v) is 5.65. The quantitative estimate of drug-likeness (QED) is 0.822. The molecule has 2 heterocycles. The molecule has 2 aromatic rings. The standard InChI is InChI=1S/C11H14N4OS/c1-7-4-8-10(12-5-7)15(11(17)13-8)6-9(16)14(2)3/h4-5H,6H2,1-3H3,(H,13,17). The van der Waals surface area contributed by atoms with Crippen LogP contribution in [0.2, 0.25) is 0 Å². The summed E-state index contributed by atoms with van der Waals surface area (Å²) in [5.74, 6) is -0.00984. The third-order valence-electron chi connectivity index (χ3n) is 2.54. The largest absolute Gasteiger partial charge is 0.347 e. The summed E-state index contributed by atoms with van der Waals surface area (Å²) in [6.07, 6.45) is 1.77. The maximum absolute atomic E-state index is 11.7. The normalized spacial score (nSPS) is 10.8. The number of likely N-dealkylation sites (N-methyl/N-ethyl adjacent to an activating group) is 1. The molecular weight excluding hydrogens is 236 g/mol. The van der Waals surface area contributed by atoms with Gasteiger partial charge in [-0.1, -0.05) is 0 Å². The van der Waals surface area contributed by atoms with Crippen LogP contribution in [0, 0.1) is 11.7 Å². The van der Waals surface area contributed by atoms with Crippen LogP contribution < -0.4 is 0 Å². The first kappa shape index (κ1) is 11.8. The number of pyridine rings is 1. The monoisotopic (exact) mass is 250 g/mol. The Kier molecular flexibility index (Phi) is 2.97. The van der Waals surface area contributed by atoms with E-state index in [1.807, 2.05) is 13.0 Å². The summed E-state index contributed by atoms with van der Waals surface area (Å²) >= 11 is 5.20. The average Bonchev–Trinajstić information content (AvgIpc) is 2.54. The summed E-state index contributed by atoms with van der Waals surface area (Å²) in [6, 6.07) is 1.97. The molecule has 6 heteroatoms. The Balaban J connectivity index is 2.50. The third kappa shape index (κ3) is 2.21. The Morgan fingerprint density at radius 3 is 2.94 bits per heavy atom. The maximum atomic E-state index is 11.7. The first-order chi connectivity index (χ1) is 7.99. The van der Waals surface area contributed by atoms with Crippen LogP contribution >= 0.6 is 12.2 Å². The van der Waals surface area contributed by atoms with E-state index in [2.05, 4.69) is 9.97 Å². The van der Waals surface area contributed by atoms with Crippen LogP contribution in [-0.2, 0) is 11.3 Å². The molecule has 90 valence electrons. The molecule has 5 nitrogen and oxygen atoms in total. The average molecular weight is 250 g/mol. The van der Waals surface area contributed by atoms with E-state index in [9.17, 15) is 4.79 Å². The molecule has 0 aromatic carbocycles. The number of rotatable bonds is 2. The van der Waals surface area contributed by atoms with E-state index in [1.165, 1.54) is 4.90 Å². The molecule has 17 heavy (non-hydrogen) atoms. The number of aryl methyl sites for hydroxylation is 1. The highest BCUT2D eigenvalue weighted by Gasteiger charge is 2.11. The smallest absolute Gasteiger partial charge is 0.242 e. The predicted molar refractivity (Wildman–Crippen MR) is 68.3 cm³/mol. The zero-order valence-corrected chi connectivity index (χ0v) is 10.8. The van der Waals surface area contributed by atoms with Gasteiger partial charge in [0.1, 0.15) is 6.54 Å². The van der Waals surface area contributed by atoms with Crippen molar-refractivity contribution in [3.63, 3.8) is 0 Å². The van der Waals surface area contributed by atoms with Gasteiger partial charge in [0, 0.05) is 20.3 Å². The van der Waals surface area contributed by atoms with Crippen molar-refractivity contribution in [1.29, 1.82) is 0 Å². The van der Waals surface area contributed by atoms with Gasteiger partial charge in [0.2, 0.25) is 5.91 Å². The topological polar surface area (TPSA) is 53.9 Å². The number of carbonyl (C=O) groups is 1. The van der Waals surface area contributed by atoms with E-state index in [-0.39, 0.29) is 12.5 Å². The molecular formula is C11H14N4OS. The molecule has 0 unspecified atom stereocenters. The number of H-pyrrole nitrogens is 1. The number of hydrogen-bond acceptors (Lipinski definition) is 3. The van der Waals surface area contributed by atoms with Crippen molar-refractivity contribution in [2.75, 3.05) is 14.1 Å². The number of imidazole rings is 1. The number of carbonyl (C=O) groups excluding carboxylic acids is 1. The molecule has 0 aliphatic rings. The van der Waals surface area contributed by atoms with Crippen molar-refractivity contribution in [1.82, 2.24) is 19.4 Å². The van der Waals surface area contributed by atoms with E-state index >= 15 is 0 Å². The molecule has 0 saturated heterocycles. The lowest BCUT2D eigenvalue weighted by Gasteiger charge is -2.10. The predicted octanol–water partition coefficient (Wildman–Crippen LogP) is 1.49. The van der Waals surface area contributed by atoms with Crippen LogP contribution in [0.5, 0.6) is 0 Å². The van der Waals surface area contributed by atoms with Gasteiger partial charge in [-0.3, -0.25) is 9.36 Å². The van der Waals surface area contributed by atoms with Crippen molar-refractivity contribution in [2.45, 2.75) is 13.5 Å². The molecule has 1 N–H and O–H groups in total. The van der Waals surface area contributed by atoms with Crippen LogP contribution in [-0.4, -0.2) is 39.4 Å². The van der Waals surface area contributed by atoms with E-state index in [0.29, 0.717) is 4.77 Å². The highest BCUT2D eigenvalue weighted by molar-refractivity contribution is 7.71. The SMILES string of the molecule is Cc1cnc2c(c1)[nH]c(=S)n2CC(=O)N(C)C. The second kappa shape index (κ2) is 4.29. The number of fused-ring (bicyclic) bond motifs is 1. The van der Waals surface area contributed by atoms with E-state index in [4.69, 9.17) is 12.2 Å². The van der Waals surface area contributed by atoms with Gasteiger partial charge in [-0.25, -0.2) is 4.98 Å². The minimum atomic E-state index is -0.00984. The lowest BCUT2D eigenvalue weighted by Crippen LogP contribution is -2.26. The van der Waals surface area contributed by atoms with Gasteiger partial charge in [0.15, 0.2) is 10.4 Å². The number of amides is 1. The number of aromatic nitrogens is 3. The molecule has 0 radical (unpaired) electrons. The lowest BCUT2D eigenvalue weighted by molar-refractivity contribution is -0.129. The second-order valence-corrected chi connectivity index (χ2v) is 4.57. The molecule has 2 aromatic heterocycles. The Morgan fingerprint density at radius 2 is 2.29 bits per heavy atom. The first-order valence-electron chi connectivity index (χ1n) is 5.24. The summed E-state index contributed by atoms with van der Waals surface area (Å²) < 4.78 is 2.24. The zero-order valence-electron chi connectivity index (χ0n) is 10.0. The fourth-order valence-electron chi connectivity index (χ4n) is 1.57. The van der Waals surface area contributed by atoms with Crippen molar-refractivity contribution in [3.05, 3.63) is 22.6 Å². The molecule has 0 fully saturated rings. The fourth-order valence-corrected chi connectivity index (χ4v) is 1.83. The van der Waals surface area contributed by atoms with Crippen molar-refractivity contribution < 1.29 is 4.79 Å². The van der Waals surface area contributed by atoms with Crippen LogP contribution in [0.1, 0.15) is 5.56 Å². The van der Waals surface area contributed by atoms with Gasteiger partial charge < -0.3 is 9.88 Å². The number of aromatic amines is 1. The number of nitrogens with one attached hydrogen (secondary N) is 1. The summed E-state index contributed by atoms with van der Waals surface area (Å²) in [4.78, 5) is 20.6. The summed E-state index contributed by atoms with van der Waals surface area (Å²) in [6.45, 7) is 2.17. The fraction of sp³-hybridized carbons (Fsp3) is 0.364. The van der Waals surface area contributed by atoms with Crippen LogP contribution in [0.4, 0.5) is 0 Å². The molecule has 0 atom stereocenters. The lowest BCUT2D eigenvalue weighted by atomic mass is 10.3. The van der Waals surface area contributed by atoms with Crippen LogP contribution in [0.15, 0.2) is 12.3 Å². The van der Waals surface area contributed by atoms with Gasteiger partial charge in [-0.05, 0) is 30.8 Å². The summed E-state index contributed by atoms with van der Waals surface area (Å²) in [5.41, 5.74) is 2.64. The molecule has 2 rings (SSSR count). The van der Waals surface area contributed by atoms with Crippen molar-refractivity contribution >= 4 is 29.3 Å². The molecule has 0 aliphatic carbocycles. The molecule has 1 amide bonds. The van der Waals surface area contributed by atoms with E-state index in [1.54, 1.807) is 24.9 Å². The van der Waals surface area contributed by atoms with Crippen LogP contribution in [0.3, 0.4) is 0 Å². The van der Waals surface area contributed by atoms with E-state index < -0.39 is 0 Å². The van der Waals surface area contributed by atoms with Gasteiger partial charge >= 0.3 is 0 Å². The van der Waals surface area contributed by atoms with Crippen LogP contribution in [0.25, 0.3) is 11.2 Å².